The van der Waals surface area contributed by atoms with Gasteiger partial charge in [-0.1, -0.05) is 19.1 Å². The Morgan fingerprint density at radius 3 is 2.62 bits per heavy atom. The Balaban J connectivity index is 2.38. The lowest BCUT2D eigenvalue weighted by molar-refractivity contribution is 0.0592. The summed E-state index contributed by atoms with van der Waals surface area (Å²) in [5.41, 5.74) is 2.08. The molecule has 2 aromatic heterocycles. The van der Waals surface area contributed by atoms with Gasteiger partial charge in [0.2, 0.25) is 0 Å². The molecule has 2 rings (SSSR count). The van der Waals surface area contributed by atoms with E-state index in [0.717, 1.165) is 11.4 Å². The maximum atomic E-state index is 11.8. The lowest BCUT2D eigenvalue weighted by Crippen LogP contribution is -2.14. The monoisotopic (exact) mass is 291 g/mol. The van der Waals surface area contributed by atoms with E-state index in [1.54, 1.807) is 11.0 Å². The standard InChI is InChI=1S/C14H21N5O2/c1-9(2)13-12(14(20)21-5)16-17-19(13)7-11-6-15-8-18(11)10(3)4/h6,8-10H,7H2,1-5H3. The molecule has 7 nitrogen and oxygen atoms in total. The number of nitrogens with zero attached hydrogens (tertiary/aromatic N) is 5. The summed E-state index contributed by atoms with van der Waals surface area (Å²) < 4.78 is 8.58. The van der Waals surface area contributed by atoms with Gasteiger partial charge in [-0.25, -0.2) is 14.5 Å². The molecule has 0 saturated heterocycles. The highest BCUT2D eigenvalue weighted by molar-refractivity contribution is 5.88. The molecule has 2 heterocycles. The van der Waals surface area contributed by atoms with E-state index in [1.807, 2.05) is 20.0 Å². The van der Waals surface area contributed by atoms with Crippen LogP contribution < -0.4 is 0 Å². The predicted octanol–water partition coefficient (Wildman–Crippen LogP) is 2.01. The lowest BCUT2D eigenvalue weighted by Gasteiger charge is -2.14. The number of carbonyl (C=O) groups excluding carboxylic acids is 1. The molecule has 114 valence electrons. The minimum Gasteiger partial charge on any atom is -0.464 e. The number of methoxy groups -OCH3 is 1. The lowest BCUT2D eigenvalue weighted by atomic mass is 10.1. The average molecular weight is 291 g/mol. The van der Waals surface area contributed by atoms with Gasteiger partial charge < -0.3 is 9.30 Å². The van der Waals surface area contributed by atoms with Crippen molar-refractivity contribution in [3.8, 4) is 0 Å². The summed E-state index contributed by atoms with van der Waals surface area (Å²) in [6.45, 7) is 8.71. The van der Waals surface area contributed by atoms with Crippen LogP contribution in [0.5, 0.6) is 0 Å². The van der Waals surface area contributed by atoms with Crippen molar-refractivity contribution < 1.29 is 9.53 Å². The molecule has 0 unspecified atom stereocenters. The van der Waals surface area contributed by atoms with Crippen molar-refractivity contribution in [3.05, 3.63) is 29.6 Å². The second-order valence-electron chi connectivity index (χ2n) is 5.51. The van der Waals surface area contributed by atoms with Crippen molar-refractivity contribution in [1.82, 2.24) is 24.5 Å². The Bertz CT molecular complexity index is 627. The number of ether oxygens (including phenoxy) is 1. The third kappa shape index (κ3) is 2.96. The van der Waals surface area contributed by atoms with E-state index < -0.39 is 5.97 Å². The summed E-state index contributed by atoms with van der Waals surface area (Å²) in [5.74, 6) is -0.341. The van der Waals surface area contributed by atoms with Crippen molar-refractivity contribution >= 4 is 5.97 Å². The molecule has 0 atom stereocenters. The van der Waals surface area contributed by atoms with Crippen LogP contribution in [-0.4, -0.2) is 37.6 Å². The Morgan fingerprint density at radius 2 is 2.05 bits per heavy atom. The van der Waals surface area contributed by atoms with E-state index in [4.69, 9.17) is 4.74 Å². The first kappa shape index (κ1) is 15.2. The van der Waals surface area contributed by atoms with Crippen LogP contribution >= 0.6 is 0 Å². The molecule has 0 bridgehead atoms. The van der Waals surface area contributed by atoms with E-state index in [0.29, 0.717) is 12.6 Å². The van der Waals surface area contributed by atoms with Gasteiger partial charge in [0.25, 0.3) is 0 Å². The molecule has 0 fully saturated rings. The summed E-state index contributed by atoms with van der Waals surface area (Å²) in [5, 5.41) is 8.08. The van der Waals surface area contributed by atoms with Crippen LogP contribution in [0.4, 0.5) is 0 Å². The molecule has 0 aromatic carbocycles. The Hall–Kier alpha value is -2.18. The molecule has 0 aliphatic carbocycles. The summed E-state index contributed by atoms with van der Waals surface area (Å²) in [6, 6.07) is 0.314. The Morgan fingerprint density at radius 1 is 1.33 bits per heavy atom. The molecule has 0 aliphatic heterocycles. The minimum atomic E-state index is -0.456. The van der Waals surface area contributed by atoms with Crippen LogP contribution in [0.25, 0.3) is 0 Å². The topological polar surface area (TPSA) is 74.8 Å². The smallest absolute Gasteiger partial charge is 0.360 e. The molecule has 0 saturated carbocycles. The number of esters is 1. The van der Waals surface area contributed by atoms with Gasteiger partial charge in [0.05, 0.1) is 37.6 Å². The fourth-order valence-electron chi connectivity index (χ4n) is 2.32. The maximum absolute atomic E-state index is 11.8. The van der Waals surface area contributed by atoms with Gasteiger partial charge in [0, 0.05) is 6.04 Å². The quantitative estimate of drug-likeness (QED) is 0.788. The highest BCUT2D eigenvalue weighted by Gasteiger charge is 2.23. The van der Waals surface area contributed by atoms with Gasteiger partial charge in [-0.2, -0.15) is 0 Å². The van der Waals surface area contributed by atoms with E-state index in [2.05, 4.69) is 33.7 Å². The molecule has 0 spiro atoms. The van der Waals surface area contributed by atoms with Gasteiger partial charge in [-0.3, -0.25) is 0 Å². The molecule has 7 heteroatoms. The van der Waals surface area contributed by atoms with Crippen LogP contribution in [0.2, 0.25) is 0 Å². The molecule has 0 aliphatic rings. The van der Waals surface area contributed by atoms with Crippen molar-refractivity contribution in [2.24, 2.45) is 0 Å². The first-order valence-corrected chi connectivity index (χ1v) is 6.98. The van der Waals surface area contributed by atoms with Crippen LogP contribution in [-0.2, 0) is 11.3 Å². The van der Waals surface area contributed by atoms with E-state index in [-0.39, 0.29) is 11.6 Å². The fraction of sp³-hybridized carbons (Fsp3) is 0.571. The number of hydrogen-bond donors (Lipinski definition) is 0. The highest BCUT2D eigenvalue weighted by atomic mass is 16.5. The predicted molar refractivity (Wildman–Crippen MR) is 77.2 cm³/mol. The fourth-order valence-corrected chi connectivity index (χ4v) is 2.32. The first-order chi connectivity index (χ1) is 9.95. The zero-order valence-corrected chi connectivity index (χ0v) is 13.1. The molecule has 21 heavy (non-hydrogen) atoms. The molecule has 0 radical (unpaired) electrons. The second kappa shape index (κ2) is 6.07. The Labute approximate surface area is 123 Å². The summed E-state index contributed by atoms with van der Waals surface area (Å²) >= 11 is 0. The van der Waals surface area contributed by atoms with Crippen molar-refractivity contribution in [2.75, 3.05) is 7.11 Å². The summed E-state index contributed by atoms with van der Waals surface area (Å²) in [6.07, 6.45) is 3.61. The van der Waals surface area contributed by atoms with Gasteiger partial charge >= 0.3 is 5.97 Å². The highest BCUT2D eigenvalue weighted by Crippen LogP contribution is 2.20. The zero-order valence-electron chi connectivity index (χ0n) is 13.1. The maximum Gasteiger partial charge on any atom is 0.360 e. The second-order valence-corrected chi connectivity index (χ2v) is 5.51. The minimum absolute atomic E-state index is 0.115. The first-order valence-electron chi connectivity index (χ1n) is 6.98. The normalized spacial score (nSPS) is 11.4. The SMILES string of the molecule is COC(=O)c1nnn(Cc2cncn2C(C)C)c1C(C)C. The van der Waals surface area contributed by atoms with Crippen LogP contribution in [0.15, 0.2) is 12.5 Å². The van der Waals surface area contributed by atoms with E-state index >= 15 is 0 Å². The van der Waals surface area contributed by atoms with Gasteiger partial charge in [0.1, 0.15) is 0 Å². The number of hydrogen-bond acceptors (Lipinski definition) is 5. The largest absolute Gasteiger partial charge is 0.464 e. The van der Waals surface area contributed by atoms with Gasteiger partial charge in [-0.05, 0) is 19.8 Å². The third-order valence-corrected chi connectivity index (χ3v) is 3.31. The van der Waals surface area contributed by atoms with Gasteiger partial charge in [0.15, 0.2) is 5.69 Å². The van der Waals surface area contributed by atoms with E-state index in [1.165, 1.54) is 7.11 Å². The molecule has 0 N–H and O–H groups in total. The van der Waals surface area contributed by atoms with Gasteiger partial charge in [-0.15, -0.1) is 5.10 Å². The zero-order chi connectivity index (χ0) is 15.6. The van der Waals surface area contributed by atoms with Crippen molar-refractivity contribution in [3.63, 3.8) is 0 Å². The third-order valence-electron chi connectivity index (χ3n) is 3.31. The van der Waals surface area contributed by atoms with Crippen molar-refractivity contribution in [1.29, 1.82) is 0 Å². The average Bonchev–Trinajstić information content (AvgIpc) is 3.04. The van der Waals surface area contributed by atoms with Crippen LogP contribution in [0.1, 0.15) is 61.5 Å². The molecule has 0 amide bonds. The van der Waals surface area contributed by atoms with E-state index in [9.17, 15) is 4.79 Å². The summed E-state index contributed by atoms with van der Waals surface area (Å²) in [4.78, 5) is 16.0. The molecule has 2 aromatic rings. The number of aromatic nitrogens is 5. The Kier molecular flexibility index (Phi) is 4.40. The van der Waals surface area contributed by atoms with Crippen LogP contribution in [0.3, 0.4) is 0 Å². The van der Waals surface area contributed by atoms with Crippen LogP contribution in [0, 0.1) is 0 Å². The molecular formula is C14H21N5O2. The number of rotatable bonds is 5. The summed E-state index contributed by atoms with van der Waals surface area (Å²) in [7, 11) is 1.35. The number of imidazole rings is 1. The number of carbonyl (C=O) groups is 1. The molecular weight excluding hydrogens is 270 g/mol. The van der Waals surface area contributed by atoms with Crippen molar-refractivity contribution in [2.45, 2.75) is 46.2 Å².